The second kappa shape index (κ2) is 12.9. The van der Waals surface area contributed by atoms with Gasteiger partial charge < -0.3 is 10.2 Å². The van der Waals surface area contributed by atoms with Crippen LogP contribution in [-0.4, -0.2) is 44.8 Å². The first-order valence-electron chi connectivity index (χ1n) is 12.5. The molecule has 3 aromatic carbocycles. The molecule has 3 rings (SSSR count). The summed E-state index contributed by atoms with van der Waals surface area (Å²) in [6, 6.07) is 17.6. The highest BCUT2D eigenvalue weighted by Gasteiger charge is 2.32. The zero-order valence-corrected chi connectivity index (χ0v) is 24.9. The lowest BCUT2D eigenvalue weighted by Gasteiger charge is -2.32. The normalized spacial score (nSPS) is 12.2. The summed E-state index contributed by atoms with van der Waals surface area (Å²) in [6.07, 6.45) is 0. The van der Waals surface area contributed by atoms with Crippen molar-refractivity contribution in [3.8, 4) is 0 Å². The SMILES string of the molecule is CNC(=O)C(C)N(Cc1ccc(Cl)c(Cl)c1)C(=O)CN(c1ccc(C(C)C)cc1)S(=O)(=O)c1ccc(C)cc1. The van der Waals surface area contributed by atoms with Gasteiger partial charge in [-0.25, -0.2) is 8.42 Å². The standard InChI is InChI=1S/C29H33Cl2N3O4S/c1-19(2)23-9-11-24(12-10-23)34(39(37,38)25-13-6-20(3)7-14-25)18-28(35)33(21(4)29(36)32-5)17-22-8-15-26(30)27(31)16-22/h6-16,19,21H,17-18H2,1-5H3,(H,32,36). The highest BCUT2D eigenvalue weighted by Crippen LogP contribution is 2.28. The molecule has 39 heavy (non-hydrogen) atoms. The van der Waals surface area contributed by atoms with Gasteiger partial charge in [-0.2, -0.15) is 0 Å². The zero-order chi connectivity index (χ0) is 28.9. The molecule has 0 saturated carbocycles. The van der Waals surface area contributed by atoms with E-state index in [9.17, 15) is 18.0 Å². The van der Waals surface area contributed by atoms with Crippen LogP contribution in [0.2, 0.25) is 10.0 Å². The third kappa shape index (κ3) is 7.32. The number of hydrogen-bond acceptors (Lipinski definition) is 4. The molecule has 10 heteroatoms. The molecular formula is C29H33Cl2N3O4S. The number of hydrogen-bond donors (Lipinski definition) is 1. The van der Waals surface area contributed by atoms with Gasteiger partial charge in [0.25, 0.3) is 10.0 Å². The van der Waals surface area contributed by atoms with Gasteiger partial charge in [-0.05, 0) is 67.3 Å². The van der Waals surface area contributed by atoms with E-state index in [0.29, 0.717) is 21.3 Å². The first-order chi connectivity index (χ1) is 18.3. The largest absolute Gasteiger partial charge is 0.357 e. The van der Waals surface area contributed by atoms with E-state index < -0.39 is 34.4 Å². The molecule has 0 heterocycles. The number of aryl methyl sites for hydroxylation is 1. The lowest BCUT2D eigenvalue weighted by Crippen LogP contribution is -2.50. The van der Waals surface area contributed by atoms with Crippen molar-refractivity contribution in [1.82, 2.24) is 10.2 Å². The van der Waals surface area contributed by atoms with Crippen LogP contribution < -0.4 is 9.62 Å². The topological polar surface area (TPSA) is 86.8 Å². The van der Waals surface area contributed by atoms with Gasteiger partial charge in [-0.15, -0.1) is 0 Å². The molecule has 0 aliphatic rings. The van der Waals surface area contributed by atoms with Gasteiger partial charge in [-0.3, -0.25) is 13.9 Å². The minimum atomic E-state index is -4.12. The number of rotatable bonds is 10. The smallest absolute Gasteiger partial charge is 0.264 e. The maximum absolute atomic E-state index is 13.9. The number of sulfonamides is 1. The molecule has 7 nitrogen and oxygen atoms in total. The summed E-state index contributed by atoms with van der Waals surface area (Å²) >= 11 is 12.2. The fraction of sp³-hybridized carbons (Fsp3) is 0.310. The summed E-state index contributed by atoms with van der Waals surface area (Å²) in [5.74, 6) is -0.698. The Balaban J connectivity index is 2.05. The Hall–Kier alpha value is -3.07. The number of nitrogens with zero attached hydrogens (tertiary/aromatic N) is 2. The van der Waals surface area contributed by atoms with Crippen molar-refractivity contribution in [2.75, 3.05) is 17.9 Å². The van der Waals surface area contributed by atoms with Crippen molar-refractivity contribution in [1.29, 1.82) is 0 Å². The average molecular weight is 591 g/mol. The monoisotopic (exact) mass is 589 g/mol. The predicted octanol–water partition coefficient (Wildman–Crippen LogP) is 5.78. The molecule has 0 bridgehead atoms. The first-order valence-corrected chi connectivity index (χ1v) is 14.7. The van der Waals surface area contributed by atoms with Gasteiger partial charge in [0.1, 0.15) is 12.6 Å². The zero-order valence-electron chi connectivity index (χ0n) is 22.6. The number of anilines is 1. The molecule has 208 valence electrons. The molecule has 0 aliphatic heterocycles. The van der Waals surface area contributed by atoms with E-state index in [1.165, 1.54) is 24.1 Å². The molecule has 2 amide bonds. The minimum Gasteiger partial charge on any atom is -0.357 e. The number of amides is 2. The van der Waals surface area contributed by atoms with Crippen LogP contribution in [-0.2, 0) is 26.2 Å². The van der Waals surface area contributed by atoms with Crippen molar-refractivity contribution in [3.05, 3.63) is 93.5 Å². The second-order valence-electron chi connectivity index (χ2n) is 9.63. The fourth-order valence-electron chi connectivity index (χ4n) is 4.02. The van der Waals surface area contributed by atoms with E-state index in [0.717, 1.165) is 15.4 Å². The van der Waals surface area contributed by atoms with E-state index in [1.54, 1.807) is 49.4 Å². The molecule has 3 aromatic rings. The third-order valence-corrected chi connectivity index (χ3v) is 9.01. The van der Waals surface area contributed by atoms with Crippen LogP contribution >= 0.6 is 23.2 Å². The lowest BCUT2D eigenvalue weighted by atomic mass is 10.0. The molecule has 0 fully saturated rings. The lowest BCUT2D eigenvalue weighted by molar-refractivity contribution is -0.139. The quantitative estimate of drug-likeness (QED) is 0.324. The molecule has 0 aliphatic carbocycles. The van der Waals surface area contributed by atoms with E-state index in [-0.39, 0.29) is 17.4 Å². The summed E-state index contributed by atoms with van der Waals surface area (Å²) in [5.41, 5.74) is 2.93. The summed E-state index contributed by atoms with van der Waals surface area (Å²) in [6.45, 7) is 7.05. The van der Waals surface area contributed by atoms with Crippen LogP contribution in [0.5, 0.6) is 0 Å². The molecule has 1 unspecified atom stereocenters. The fourth-order valence-corrected chi connectivity index (χ4v) is 5.75. The van der Waals surface area contributed by atoms with Crippen molar-refractivity contribution in [2.24, 2.45) is 0 Å². The Kier molecular flexibility index (Phi) is 10.0. The maximum atomic E-state index is 13.9. The van der Waals surface area contributed by atoms with Crippen LogP contribution in [0.3, 0.4) is 0 Å². The van der Waals surface area contributed by atoms with Gasteiger partial charge >= 0.3 is 0 Å². The molecule has 1 N–H and O–H groups in total. The average Bonchev–Trinajstić information content (AvgIpc) is 2.91. The summed E-state index contributed by atoms with van der Waals surface area (Å²) in [4.78, 5) is 27.8. The third-order valence-electron chi connectivity index (χ3n) is 6.49. The van der Waals surface area contributed by atoms with Crippen molar-refractivity contribution in [3.63, 3.8) is 0 Å². The van der Waals surface area contributed by atoms with Crippen molar-refractivity contribution >= 4 is 50.7 Å². The van der Waals surface area contributed by atoms with E-state index in [4.69, 9.17) is 23.2 Å². The Morgan fingerprint density at radius 3 is 2.05 bits per heavy atom. The number of carbonyl (C=O) groups excluding carboxylic acids is 2. The maximum Gasteiger partial charge on any atom is 0.264 e. The highest BCUT2D eigenvalue weighted by atomic mass is 35.5. The van der Waals surface area contributed by atoms with Crippen molar-refractivity contribution < 1.29 is 18.0 Å². The van der Waals surface area contributed by atoms with Crippen LogP contribution in [0.1, 0.15) is 43.4 Å². The van der Waals surface area contributed by atoms with Crippen LogP contribution in [0.15, 0.2) is 71.6 Å². The molecule has 0 spiro atoms. The first kappa shape index (κ1) is 30.5. The predicted molar refractivity (Wildman–Crippen MR) is 157 cm³/mol. The van der Waals surface area contributed by atoms with Gasteiger partial charge in [0.15, 0.2) is 0 Å². The number of nitrogens with one attached hydrogen (secondary N) is 1. The Morgan fingerprint density at radius 2 is 1.51 bits per heavy atom. The molecule has 0 aromatic heterocycles. The van der Waals surface area contributed by atoms with Gasteiger partial charge in [0.05, 0.1) is 20.6 Å². The van der Waals surface area contributed by atoms with E-state index >= 15 is 0 Å². The van der Waals surface area contributed by atoms with Crippen molar-refractivity contribution in [2.45, 2.75) is 51.1 Å². The van der Waals surface area contributed by atoms with Crippen LogP contribution in [0, 0.1) is 6.92 Å². The summed E-state index contributed by atoms with van der Waals surface area (Å²) < 4.78 is 28.8. The summed E-state index contributed by atoms with van der Waals surface area (Å²) in [7, 11) is -2.65. The number of likely N-dealkylation sites (N-methyl/N-ethyl adjacent to an activating group) is 1. The van der Waals surface area contributed by atoms with Crippen LogP contribution in [0.4, 0.5) is 5.69 Å². The Bertz CT molecular complexity index is 1430. The second-order valence-corrected chi connectivity index (χ2v) is 12.3. The minimum absolute atomic E-state index is 0.0228. The van der Waals surface area contributed by atoms with Gasteiger partial charge in [-0.1, -0.05) is 72.9 Å². The molecule has 0 radical (unpaired) electrons. The molecular weight excluding hydrogens is 557 g/mol. The molecule has 1 atom stereocenters. The number of carbonyl (C=O) groups is 2. The number of halogens is 2. The van der Waals surface area contributed by atoms with Gasteiger partial charge in [0, 0.05) is 13.6 Å². The van der Waals surface area contributed by atoms with Gasteiger partial charge in [0.2, 0.25) is 11.8 Å². The van der Waals surface area contributed by atoms with E-state index in [2.05, 4.69) is 5.32 Å². The summed E-state index contributed by atoms with van der Waals surface area (Å²) in [5, 5.41) is 3.23. The number of benzene rings is 3. The van der Waals surface area contributed by atoms with E-state index in [1.807, 2.05) is 32.9 Å². The Morgan fingerprint density at radius 1 is 0.897 bits per heavy atom. The molecule has 0 saturated heterocycles. The Labute approximate surface area is 240 Å². The van der Waals surface area contributed by atoms with Crippen LogP contribution in [0.25, 0.3) is 0 Å². The highest BCUT2D eigenvalue weighted by molar-refractivity contribution is 7.92.